The summed E-state index contributed by atoms with van der Waals surface area (Å²) in [4.78, 5) is 15.0. The Bertz CT molecular complexity index is 625. The summed E-state index contributed by atoms with van der Waals surface area (Å²) in [5.41, 5.74) is 4.62. The third kappa shape index (κ3) is 2.28. The van der Waals surface area contributed by atoms with Gasteiger partial charge in [0.25, 0.3) is 0 Å². The Morgan fingerprint density at radius 1 is 1.23 bits per heavy atom. The van der Waals surface area contributed by atoms with Gasteiger partial charge in [-0.1, -0.05) is 24.3 Å². The Morgan fingerprint density at radius 2 is 1.95 bits per heavy atom. The van der Waals surface area contributed by atoms with Crippen LogP contribution in [0.25, 0.3) is 5.57 Å². The lowest BCUT2D eigenvalue weighted by Gasteiger charge is -2.47. The van der Waals surface area contributed by atoms with Gasteiger partial charge < -0.3 is 9.64 Å². The molecule has 0 N–H and O–H groups in total. The highest BCUT2D eigenvalue weighted by molar-refractivity contribution is 6.18. The van der Waals surface area contributed by atoms with E-state index in [0.717, 1.165) is 17.6 Å². The van der Waals surface area contributed by atoms with Crippen LogP contribution in [-0.4, -0.2) is 37.1 Å². The van der Waals surface area contributed by atoms with Crippen molar-refractivity contribution >= 4 is 11.5 Å². The van der Waals surface area contributed by atoms with Crippen molar-refractivity contribution in [3.05, 3.63) is 41.0 Å². The number of allylic oxidation sites excluding steroid dienone is 1. The van der Waals surface area contributed by atoms with Crippen molar-refractivity contribution in [3.8, 4) is 0 Å². The maximum atomic E-state index is 12.5. The number of esters is 1. The van der Waals surface area contributed by atoms with Crippen molar-refractivity contribution in [1.29, 1.82) is 0 Å². The van der Waals surface area contributed by atoms with Crippen LogP contribution in [-0.2, 0) is 16.0 Å². The van der Waals surface area contributed by atoms with Crippen LogP contribution >= 0.6 is 0 Å². The highest BCUT2D eigenvalue weighted by Gasteiger charge is 2.40. The molecule has 1 aliphatic carbocycles. The molecular formula is C19H23NO2. The second-order valence-electron chi connectivity index (χ2n) is 7.09. The minimum atomic E-state index is -0.133. The molecule has 0 radical (unpaired) electrons. The fourth-order valence-corrected chi connectivity index (χ4v) is 4.14. The van der Waals surface area contributed by atoms with E-state index in [1.165, 1.54) is 50.0 Å². The quantitative estimate of drug-likeness (QED) is 0.803. The first-order valence-corrected chi connectivity index (χ1v) is 8.35. The van der Waals surface area contributed by atoms with E-state index < -0.39 is 0 Å². The molecule has 3 heterocycles. The van der Waals surface area contributed by atoms with Crippen LogP contribution in [0.5, 0.6) is 0 Å². The van der Waals surface area contributed by atoms with E-state index in [-0.39, 0.29) is 11.4 Å². The number of benzene rings is 1. The molecule has 0 atom stereocenters. The summed E-state index contributed by atoms with van der Waals surface area (Å²) in [7, 11) is 0. The van der Waals surface area contributed by atoms with E-state index in [2.05, 4.69) is 17.9 Å². The highest BCUT2D eigenvalue weighted by atomic mass is 16.5. The summed E-state index contributed by atoms with van der Waals surface area (Å²) >= 11 is 0. The average Bonchev–Trinajstić information content (AvgIpc) is 3.00. The Labute approximate surface area is 132 Å². The lowest BCUT2D eigenvalue weighted by Crippen LogP contribution is -2.50. The Kier molecular flexibility index (Phi) is 3.33. The maximum absolute atomic E-state index is 12.5. The lowest BCUT2D eigenvalue weighted by molar-refractivity contribution is -0.143. The standard InChI is InChI=1S/C19H23NO2/c1-14-3-2-4-16-15(14)5-6-17(16)18(21)22-13-19-7-10-20(11-8-19)12-9-19/h2-4,6H,5,7-13H2,1H3. The summed E-state index contributed by atoms with van der Waals surface area (Å²) in [6.07, 6.45) is 6.41. The van der Waals surface area contributed by atoms with Gasteiger partial charge >= 0.3 is 5.97 Å². The maximum Gasteiger partial charge on any atom is 0.338 e. The molecule has 3 saturated heterocycles. The van der Waals surface area contributed by atoms with Gasteiger partial charge in [-0.3, -0.25) is 0 Å². The van der Waals surface area contributed by atoms with Crippen molar-refractivity contribution in [1.82, 2.24) is 4.90 Å². The van der Waals surface area contributed by atoms with Crippen LogP contribution in [0.4, 0.5) is 0 Å². The minimum Gasteiger partial charge on any atom is -0.461 e. The SMILES string of the molecule is Cc1cccc2c1CC=C2C(=O)OCC12CCN(CC1)CC2. The highest BCUT2D eigenvalue weighted by Crippen LogP contribution is 2.40. The van der Waals surface area contributed by atoms with Gasteiger partial charge in [0, 0.05) is 5.41 Å². The number of ether oxygens (including phenoxy) is 1. The van der Waals surface area contributed by atoms with Crippen LogP contribution in [0.15, 0.2) is 24.3 Å². The van der Waals surface area contributed by atoms with Crippen LogP contribution < -0.4 is 0 Å². The van der Waals surface area contributed by atoms with Crippen molar-refractivity contribution in [2.75, 3.05) is 26.2 Å². The zero-order valence-corrected chi connectivity index (χ0v) is 13.2. The molecule has 3 aliphatic heterocycles. The topological polar surface area (TPSA) is 29.5 Å². The average molecular weight is 297 g/mol. The number of nitrogens with zero attached hydrogens (tertiary/aromatic N) is 1. The number of hydrogen-bond donors (Lipinski definition) is 0. The van der Waals surface area contributed by atoms with Gasteiger partial charge in [0.05, 0.1) is 12.2 Å². The molecule has 2 bridgehead atoms. The van der Waals surface area contributed by atoms with Gasteiger partial charge in [0.15, 0.2) is 0 Å². The second-order valence-corrected chi connectivity index (χ2v) is 7.09. The van der Waals surface area contributed by atoms with Crippen molar-refractivity contribution in [2.24, 2.45) is 5.41 Å². The number of hydrogen-bond acceptors (Lipinski definition) is 3. The van der Waals surface area contributed by atoms with Gasteiger partial charge in [-0.25, -0.2) is 4.79 Å². The Morgan fingerprint density at radius 3 is 2.68 bits per heavy atom. The predicted octanol–water partition coefficient (Wildman–Crippen LogP) is 2.96. The van der Waals surface area contributed by atoms with Crippen LogP contribution in [0.3, 0.4) is 0 Å². The molecule has 0 unspecified atom stereocenters. The van der Waals surface area contributed by atoms with Crippen molar-refractivity contribution in [2.45, 2.75) is 32.6 Å². The Balaban J connectivity index is 1.45. The molecule has 22 heavy (non-hydrogen) atoms. The van der Waals surface area contributed by atoms with Gasteiger partial charge in [0.2, 0.25) is 0 Å². The zero-order valence-electron chi connectivity index (χ0n) is 13.2. The number of fused-ring (bicyclic) bond motifs is 4. The summed E-state index contributed by atoms with van der Waals surface area (Å²) in [5, 5.41) is 0. The molecule has 0 spiro atoms. The summed E-state index contributed by atoms with van der Waals surface area (Å²) in [6, 6.07) is 6.17. The summed E-state index contributed by atoms with van der Waals surface area (Å²) in [5.74, 6) is -0.133. The van der Waals surface area contributed by atoms with Crippen LogP contribution in [0, 0.1) is 12.3 Å². The number of piperidine rings is 3. The van der Waals surface area contributed by atoms with Crippen molar-refractivity contribution in [3.63, 3.8) is 0 Å². The molecule has 3 fully saturated rings. The van der Waals surface area contributed by atoms with E-state index in [1.807, 2.05) is 18.2 Å². The summed E-state index contributed by atoms with van der Waals surface area (Å²) < 4.78 is 5.76. The first-order valence-electron chi connectivity index (χ1n) is 8.35. The lowest BCUT2D eigenvalue weighted by atomic mass is 9.73. The molecule has 3 heteroatoms. The molecule has 4 aliphatic rings. The second kappa shape index (κ2) is 5.24. The molecule has 3 nitrogen and oxygen atoms in total. The number of carbonyl (C=O) groups is 1. The largest absolute Gasteiger partial charge is 0.461 e. The molecule has 0 amide bonds. The summed E-state index contributed by atoms with van der Waals surface area (Å²) in [6.45, 7) is 6.21. The normalized spacial score (nSPS) is 29.1. The first-order chi connectivity index (χ1) is 10.7. The molecule has 0 saturated carbocycles. The van der Waals surface area contributed by atoms with Crippen LogP contribution in [0.1, 0.15) is 36.0 Å². The van der Waals surface area contributed by atoms with Crippen LogP contribution in [0.2, 0.25) is 0 Å². The first kappa shape index (κ1) is 14.0. The van der Waals surface area contributed by atoms with Gasteiger partial charge in [-0.15, -0.1) is 0 Å². The van der Waals surface area contributed by atoms with E-state index in [9.17, 15) is 4.79 Å². The third-order valence-electron chi connectivity index (χ3n) is 5.82. The number of aryl methyl sites for hydroxylation is 1. The smallest absolute Gasteiger partial charge is 0.338 e. The number of rotatable bonds is 3. The van der Waals surface area contributed by atoms with E-state index >= 15 is 0 Å². The molecule has 116 valence electrons. The molecule has 1 aromatic carbocycles. The monoisotopic (exact) mass is 297 g/mol. The van der Waals surface area contributed by atoms with Gasteiger partial charge in [-0.2, -0.15) is 0 Å². The van der Waals surface area contributed by atoms with E-state index in [0.29, 0.717) is 6.61 Å². The van der Waals surface area contributed by atoms with Crippen molar-refractivity contribution < 1.29 is 9.53 Å². The zero-order chi connectivity index (χ0) is 15.2. The third-order valence-corrected chi connectivity index (χ3v) is 5.82. The minimum absolute atomic E-state index is 0.133. The van der Waals surface area contributed by atoms with Gasteiger partial charge in [0.1, 0.15) is 0 Å². The van der Waals surface area contributed by atoms with E-state index in [4.69, 9.17) is 4.74 Å². The fourth-order valence-electron chi connectivity index (χ4n) is 4.14. The Hall–Kier alpha value is -1.61. The molecule has 0 aromatic heterocycles. The van der Waals surface area contributed by atoms with E-state index in [1.54, 1.807) is 0 Å². The fraction of sp³-hybridized carbons (Fsp3) is 0.526. The molecule has 5 rings (SSSR count). The molecular weight excluding hydrogens is 274 g/mol. The molecule has 1 aromatic rings. The van der Waals surface area contributed by atoms with Gasteiger partial charge in [-0.05, 0) is 68.9 Å². The predicted molar refractivity (Wildman–Crippen MR) is 86.5 cm³/mol. The number of carbonyl (C=O) groups excluding carboxylic acids is 1.